The minimum atomic E-state index is 0.265. The van der Waals surface area contributed by atoms with Gasteiger partial charge in [-0.05, 0) is 38.0 Å². The van der Waals surface area contributed by atoms with Crippen molar-refractivity contribution in [2.45, 2.75) is 31.8 Å². The van der Waals surface area contributed by atoms with Crippen LogP contribution in [0.25, 0.3) is 0 Å². The van der Waals surface area contributed by atoms with Crippen LogP contribution in [-0.4, -0.2) is 31.2 Å². The molecule has 0 spiro atoms. The number of rotatable bonds is 5. The van der Waals surface area contributed by atoms with Gasteiger partial charge in [0.25, 0.3) is 0 Å². The van der Waals surface area contributed by atoms with Gasteiger partial charge in [0.05, 0.1) is 13.3 Å². The fourth-order valence-electron chi connectivity index (χ4n) is 3.31. The summed E-state index contributed by atoms with van der Waals surface area (Å²) in [5.41, 5.74) is 2.50. The lowest BCUT2D eigenvalue weighted by Gasteiger charge is -2.35. The molecule has 1 N–H and O–H groups in total. The number of methoxy groups -OCH3 is 1. The number of pyridine rings is 1. The molecule has 0 radical (unpaired) electrons. The maximum atomic E-state index is 5.42. The lowest BCUT2D eigenvalue weighted by molar-refractivity contribution is 0.364. The smallest absolute Gasteiger partial charge is 0.141 e. The largest absolute Gasteiger partial charge is 0.495 e. The van der Waals surface area contributed by atoms with Crippen LogP contribution >= 0.6 is 0 Å². The van der Waals surface area contributed by atoms with Gasteiger partial charge < -0.3 is 15.0 Å². The molecule has 0 bridgehead atoms. The van der Waals surface area contributed by atoms with Gasteiger partial charge in [-0.25, -0.2) is 0 Å². The predicted molar refractivity (Wildman–Crippen MR) is 94.0 cm³/mol. The van der Waals surface area contributed by atoms with Crippen molar-refractivity contribution in [3.63, 3.8) is 0 Å². The van der Waals surface area contributed by atoms with E-state index >= 15 is 0 Å². The highest BCUT2D eigenvalue weighted by atomic mass is 16.5. The molecule has 0 unspecified atom stereocenters. The lowest BCUT2D eigenvalue weighted by atomic mass is 10.0. The van der Waals surface area contributed by atoms with Crippen molar-refractivity contribution in [1.29, 1.82) is 0 Å². The van der Waals surface area contributed by atoms with Crippen LogP contribution in [0.5, 0.6) is 5.75 Å². The molecule has 1 fully saturated rings. The standard InChI is InChI=1S/C19H25N3O/c1-15(18-8-11-20-14-19(18)23-2)21-16-9-12-22(13-10-16)17-6-4-3-5-7-17/h3-8,11,14-16,21H,9-10,12-13H2,1-2H3/t15-/m1/s1. The van der Waals surface area contributed by atoms with E-state index in [1.807, 2.05) is 12.3 Å². The summed E-state index contributed by atoms with van der Waals surface area (Å²) in [6.45, 7) is 4.39. The van der Waals surface area contributed by atoms with E-state index in [2.05, 4.69) is 52.5 Å². The Labute approximate surface area is 138 Å². The summed E-state index contributed by atoms with van der Waals surface area (Å²) < 4.78 is 5.42. The van der Waals surface area contributed by atoms with E-state index in [0.29, 0.717) is 6.04 Å². The van der Waals surface area contributed by atoms with Crippen molar-refractivity contribution in [2.24, 2.45) is 0 Å². The van der Waals surface area contributed by atoms with E-state index < -0.39 is 0 Å². The number of hydrogen-bond donors (Lipinski definition) is 1. The number of piperidine rings is 1. The topological polar surface area (TPSA) is 37.4 Å². The third kappa shape index (κ3) is 3.82. The second kappa shape index (κ2) is 7.47. The highest BCUT2D eigenvalue weighted by molar-refractivity contribution is 5.46. The molecule has 2 aromatic rings. The minimum Gasteiger partial charge on any atom is -0.495 e. The van der Waals surface area contributed by atoms with Crippen LogP contribution in [-0.2, 0) is 0 Å². The zero-order valence-corrected chi connectivity index (χ0v) is 13.9. The number of hydrogen-bond acceptors (Lipinski definition) is 4. The van der Waals surface area contributed by atoms with Crippen molar-refractivity contribution in [3.05, 3.63) is 54.4 Å². The maximum absolute atomic E-state index is 5.42. The molecule has 2 heterocycles. The highest BCUT2D eigenvalue weighted by Gasteiger charge is 2.22. The first kappa shape index (κ1) is 15.8. The minimum absolute atomic E-state index is 0.265. The number of aromatic nitrogens is 1. The molecule has 122 valence electrons. The highest BCUT2D eigenvalue weighted by Crippen LogP contribution is 2.26. The summed E-state index contributed by atoms with van der Waals surface area (Å²) >= 11 is 0. The third-order valence-electron chi connectivity index (χ3n) is 4.60. The zero-order chi connectivity index (χ0) is 16.1. The summed E-state index contributed by atoms with van der Waals surface area (Å²) in [6.07, 6.45) is 5.93. The first-order valence-corrected chi connectivity index (χ1v) is 8.32. The summed E-state index contributed by atoms with van der Waals surface area (Å²) in [4.78, 5) is 6.60. The van der Waals surface area contributed by atoms with Gasteiger partial charge in [0.1, 0.15) is 5.75 Å². The van der Waals surface area contributed by atoms with E-state index in [9.17, 15) is 0 Å². The number of ether oxygens (including phenoxy) is 1. The molecule has 3 rings (SSSR count). The number of nitrogens with one attached hydrogen (secondary N) is 1. The molecule has 1 aliphatic heterocycles. The Hall–Kier alpha value is -2.07. The average Bonchev–Trinajstić information content (AvgIpc) is 2.63. The Bertz CT molecular complexity index is 609. The van der Waals surface area contributed by atoms with Crippen molar-refractivity contribution < 1.29 is 4.74 Å². The monoisotopic (exact) mass is 311 g/mol. The summed E-state index contributed by atoms with van der Waals surface area (Å²) in [5, 5.41) is 3.75. The second-order valence-electron chi connectivity index (χ2n) is 6.10. The quantitative estimate of drug-likeness (QED) is 0.918. The van der Waals surface area contributed by atoms with E-state index in [1.54, 1.807) is 13.3 Å². The molecule has 4 nitrogen and oxygen atoms in total. The molecule has 1 saturated heterocycles. The first-order valence-electron chi connectivity index (χ1n) is 8.32. The van der Waals surface area contributed by atoms with E-state index in [0.717, 1.165) is 31.7 Å². The Morgan fingerprint density at radius 3 is 2.61 bits per heavy atom. The maximum Gasteiger partial charge on any atom is 0.141 e. The van der Waals surface area contributed by atoms with Crippen LogP contribution in [0, 0.1) is 0 Å². The third-order valence-corrected chi connectivity index (χ3v) is 4.60. The van der Waals surface area contributed by atoms with Crippen molar-refractivity contribution >= 4 is 5.69 Å². The molecule has 1 aromatic carbocycles. The van der Waals surface area contributed by atoms with Crippen molar-refractivity contribution in [3.8, 4) is 5.75 Å². The van der Waals surface area contributed by atoms with E-state index in [1.165, 1.54) is 11.3 Å². The first-order chi connectivity index (χ1) is 11.3. The number of para-hydroxylation sites is 1. The molecule has 1 aromatic heterocycles. The average molecular weight is 311 g/mol. The van der Waals surface area contributed by atoms with Crippen molar-refractivity contribution in [1.82, 2.24) is 10.3 Å². The summed E-state index contributed by atoms with van der Waals surface area (Å²) in [5.74, 6) is 0.856. The Balaban J connectivity index is 1.56. The van der Waals surface area contributed by atoms with Gasteiger partial charge in [0.2, 0.25) is 0 Å². The molecular formula is C19H25N3O. The second-order valence-corrected chi connectivity index (χ2v) is 6.10. The van der Waals surface area contributed by atoms with Gasteiger partial charge in [0, 0.05) is 42.6 Å². The van der Waals surface area contributed by atoms with Gasteiger partial charge in [-0.15, -0.1) is 0 Å². The molecule has 4 heteroatoms. The van der Waals surface area contributed by atoms with Crippen molar-refractivity contribution in [2.75, 3.05) is 25.1 Å². The van der Waals surface area contributed by atoms with Gasteiger partial charge in [-0.2, -0.15) is 0 Å². The predicted octanol–water partition coefficient (Wildman–Crippen LogP) is 3.41. The van der Waals surface area contributed by atoms with E-state index in [4.69, 9.17) is 4.74 Å². The molecule has 0 saturated carbocycles. The van der Waals surface area contributed by atoms with Crippen LogP contribution in [0.15, 0.2) is 48.8 Å². The van der Waals surface area contributed by atoms with Crippen LogP contribution in [0.2, 0.25) is 0 Å². The summed E-state index contributed by atoms with van der Waals surface area (Å²) in [7, 11) is 1.70. The Morgan fingerprint density at radius 2 is 1.91 bits per heavy atom. The van der Waals surface area contributed by atoms with Gasteiger partial charge in [-0.1, -0.05) is 18.2 Å². The molecule has 23 heavy (non-hydrogen) atoms. The Kier molecular flexibility index (Phi) is 5.13. The number of anilines is 1. The molecule has 1 atom stereocenters. The molecular weight excluding hydrogens is 286 g/mol. The fraction of sp³-hybridized carbons (Fsp3) is 0.421. The van der Waals surface area contributed by atoms with E-state index in [-0.39, 0.29) is 6.04 Å². The summed E-state index contributed by atoms with van der Waals surface area (Å²) in [6, 6.07) is 13.5. The fourth-order valence-corrected chi connectivity index (χ4v) is 3.31. The number of nitrogens with zero attached hydrogens (tertiary/aromatic N) is 2. The van der Waals surface area contributed by atoms with Gasteiger partial charge in [0.15, 0.2) is 0 Å². The normalized spacial score (nSPS) is 17.0. The molecule has 0 amide bonds. The van der Waals surface area contributed by atoms with Crippen LogP contribution in [0.4, 0.5) is 5.69 Å². The number of benzene rings is 1. The van der Waals surface area contributed by atoms with Crippen LogP contribution in [0.3, 0.4) is 0 Å². The molecule has 0 aliphatic carbocycles. The van der Waals surface area contributed by atoms with Gasteiger partial charge in [-0.3, -0.25) is 4.98 Å². The zero-order valence-electron chi connectivity index (χ0n) is 13.9. The Morgan fingerprint density at radius 1 is 1.17 bits per heavy atom. The van der Waals surface area contributed by atoms with Crippen LogP contribution < -0.4 is 15.0 Å². The lowest BCUT2D eigenvalue weighted by Crippen LogP contribution is -2.43. The SMILES string of the molecule is COc1cnccc1[C@@H](C)NC1CCN(c2ccccc2)CC1. The van der Waals surface area contributed by atoms with Gasteiger partial charge >= 0.3 is 0 Å². The molecule has 1 aliphatic rings. The van der Waals surface area contributed by atoms with Crippen LogP contribution in [0.1, 0.15) is 31.4 Å².